The highest BCUT2D eigenvalue weighted by Gasteiger charge is 2.19. The third-order valence-corrected chi connectivity index (χ3v) is 4.55. The van der Waals surface area contributed by atoms with E-state index in [1.807, 2.05) is 24.3 Å². The van der Waals surface area contributed by atoms with Crippen LogP contribution in [-0.2, 0) is 0 Å². The summed E-state index contributed by atoms with van der Waals surface area (Å²) >= 11 is 9.24. The summed E-state index contributed by atoms with van der Waals surface area (Å²) < 4.78 is 6.94. The van der Waals surface area contributed by atoms with E-state index in [-0.39, 0.29) is 0 Å². The molecule has 2 rings (SSSR count). The van der Waals surface area contributed by atoms with E-state index in [2.05, 4.69) is 20.8 Å². The van der Waals surface area contributed by atoms with Crippen LogP contribution in [0.4, 0.5) is 0 Å². The van der Waals surface area contributed by atoms with E-state index in [1.165, 1.54) is 25.9 Å². The lowest BCUT2D eigenvalue weighted by molar-refractivity contribution is 0.141. The zero-order chi connectivity index (χ0) is 13.5. The molecule has 0 unspecified atom stereocenters. The Hall–Kier alpha value is -0.250. The van der Waals surface area contributed by atoms with Gasteiger partial charge in [0.15, 0.2) is 0 Å². The largest absolute Gasteiger partial charge is 0.492 e. The van der Waals surface area contributed by atoms with E-state index >= 15 is 0 Å². The van der Waals surface area contributed by atoms with Crippen molar-refractivity contribution in [1.82, 2.24) is 4.90 Å². The number of nitrogens with zero attached hydrogens (tertiary/aromatic N) is 1. The van der Waals surface area contributed by atoms with Crippen molar-refractivity contribution in [2.45, 2.75) is 19.3 Å². The van der Waals surface area contributed by atoms with Gasteiger partial charge in [-0.1, -0.05) is 12.1 Å². The average molecular weight is 347 g/mol. The highest BCUT2D eigenvalue weighted by Crippen LogP contribution is 2.26. The zero-order valence-electron chi connectivity index (χ0n) is 11.2. The fourth-order valence-electron chi connectivity index (χ4n) is 2.43. The molecule has 19 heavy (non-hydrogen) atoms. The fraction of sp³-hybridized carbons (Fsp3) is 0.600. The van der Waals surface area contributed by atoms with Crippen LogP contribution in [0.5, 0.6) is 5.75 Å². The van der Waals surface area contributed by atoms with E-state index in [1.54, 1.807) is 0 Å². The van der Waals surface area contributed by atoms with Crippen molar-refractivity contribution in [2.75, 3.05) is 32.1 Å². The molecule has 1 aromatic carbocycles. The Labute approximate surface area is 129 Å². The molecular formula is C15H21BrClNO. The molecule has 1 saturated heterocycles. The average Bonchev–Trinajstić information content (AvgIpc) is 2.45. The third-order valence-electron chi connectivity index (χ3n) is 3.63. The van der Waals surface area contributed by atoms with Crippen molar-refractivity contribution < 1.29 is 4.74 Å². The number of halogens is 2. The lowest BCUT2D eigenvalue weighted by Crippen LogP contribution is -2.36. The Morgan fingerprint density at radius 3 is 2.68 bits per heavy atom. The Kier molecular flexibility index (Phi) is 6.48. The Morgan fingerprint density at radius 2 is 2.00 bits per heavy atom. The summed E-state index contributed by atoms with van der Waals surface area (Å²) in [7, 11) is 0. The molecule has 1 aliphatic heterocycles. The molecule has 0 atom stereocenters. The quantitative estimate of drug-likeness (QED) is 0.717. The summed E-state index contributed by atoms with van der Waals surface area (Å²) in [5.74, 6) is 2.40. The fourth-order valence-corrected chi connectivity index (χ4v) is 2.95. The van der Waals surface area contributed by atoms with Gasteiger partial charge in [-0.15, -0.1) is 11.6 Å². The Balaban J connectivity index is 1.70. The first kappa shape index (κ1) is 15.1. The van der Waals surface area contributed by atoms with Gasteiger partial charge >= 0.3 is 0 Å². The van der Waals surface area contributed by atoms with Crippen LogP contribution in [0.1, 0.15) is 19.3 Å². The highest BCUT2D eigenvalue weighted by molar-refractivity contribution is 9.10. The summed E-state index contributed by atoms with van der Waals surface area (Å²) in [5, 5.41) is 0. The summed E-state index contributed by atoms with van der Waals surface area (Å²) in [6, 6.07) is 8.05. The second-order valence-electron chi connectivity index (χ2n) is 5.07. The van der Waals surface area contributed by atoms with Crippen molar-refractivity contribution in [2.24, 2.45) is 5.92 Å². The predicted molar refractivity (Wildman–Crippen MR) is 84.1 cm³/mol. The van der Waals surface area contributed by atoms with Gasteiger partial charge < -0.3 is 9.64 Å². The number of rotatable bonds is 6. The molecule has 4 heteroatoms. The molecule has 0 saturated carbocycles. The topological polar surface area (TPSA) is 12.5 Å². The minimum Gasteiger partial charge on any atom is -0.492 e. The zero-order valence-corrected chi connectivity index (χ0v) is 13.5. The second-order valence-corrected chi connectivity index (χ2v) is 6.30. The molecule has 0 spiro atoms. The van der Waals surface area contributed by atoms with Crippen molar-refractivity contribution in [3.05, 3.63) is 28.7 Å². The van der Waals surface area contributed by atoms with Crippen molar-refractivity contribution in [3.63, 3.8) is 0 Å². The van der Waals surface area contributed by atoms with Gasteiger partial charge in [-0.05, 0) is 72.9 Å². The smallest absolute Gasteiger partial charge is 0.133 e. The monoisotopic (exact) mass is 345 g/mol. The maximum Gasteiger partial charge on any atom is 0.133 e. The van der Waals surface area contributed by atoms with Crippen LogP contribution in [0.15, 0.2) is 28.7 Å². The molecule has 0 bridgehead atoms. The number of ether oxygens (including phenoxy) is 1. The molecule has 0 radical (unpaired) electrons. The molecule has 1 fully saturated rings. The van der Waals surface area contributed by atoms with E-state index in [4.69, 9.17) is 16.3 Å². The normalized spacial score (nSPS) is 17.6. The molecule has 2 nitrogen and oxygen atoms in total. The van der Waals surface area contributed by atoms with Crippen molar-refractivity contribution >= 4 is 27.5 Å². The number of para-hydroxylation sites is 1. The van der Waals surface area contributed by atoms with E-state index in [0.717, 1.165) is 35.7 Å². The van der Waals surface area contributed by atoms with Crippen molar-refractivity contribution in [3.8, 4) is 5.75 Å². The number of hydrogen-bond acceptors (Lipinski definition) is 2. The molecule has 0 aliphatic carbocycles. The minimum absolute atomic E-state index is 0.680. The lowest BCUT2D eigenvalue weighted by Gasteiger charge is -2.31. The SMILES string of the molecule is ClCCCN1CCC(COc2ccccc2Br)CC1. The van der Waals surface area contributed by atoms with Crippen molar-refractivity contribution in [1.29, 1.82) is 0 Å². The van der Waals surface area contributed by atoms with Crippen LogP contribution >= 0.6 is 27.5 Å². The van der Waals surface area contributed by atoms with Gasteiger partial charge in [0.2, 0.25) is 0 Å². The van der Waals surface area contributed by atoms with Crippen LogP contribution in [0.3, 0.4) is 0 Å². The van der Waals surface area contributed by atoms with Gasteiger partial charge in [0.1, 0.15) is 5.75 Å². The highest BCUT2D eigenvalue weighted by atomic mass is 79.9. The summed E-state index contributed by atoms with van der Waals surface area (Å²) in [4.78, 5) is 2.51. The second kappa shape index (κ2) is 8.13. The predicted octanol–water partition coefficient (Wildman–Crippen LogP) is 4.17. The van der Waals surface area contributed by atoms with E-state index in [9.17, 15) is 0 Å². The molecule has 106 valence electrons. The standard InChI is InChI=1S/C15H21BrClNO/c16-14-4-1-2-5-15(14)19-12-13-6-10-18(11-7-13)9-3-8-17/h1-2,4-5,13H,3,6-12H2. The first-order valence-corrected chi connectivity index (χ1v) is 8.28. The number of alkyl halides is 1. The van der Waals surface area contributed by atoms with Gasteiger partial charge in [-0.2, -0.15) is 0 Å². The molecule has 0 aromatic heterocycles. The Bertz CT molecular complexity index is 380. The van der Waals surface area contributed by atoms with Gasteiger partial charge in [0, 0.05) is 5.88 Å². The minimum atomic E-state index is 0.680. The van der Waals surface area contributed by atoms with Crippen LogP contribution < -0.4 is 4.74 Å². The van der Waals surface area contributed by atoms with Gasteiger partial charge in [-0.3, -0.25) is 0 Å². The van der Waals surface area contributed by atoms with E-state index < -0.39 is 0 Å². The first-order chi connectivity index (χ1) is 9.29. The van der Waals surface area contributed by atoms with E-state index in [0.29, 0.717) is 5.92 Å². The molecule has 0 N–H and O–H groups in total. The van der Waals surface area contributed by atoms with Crippen LogP contribution in [0.2, 0.25) is 0 Å². The van der Waals surface area contributed by atoms with Gasteiger partial charge in [0.25, 0.3) is 0 Å². The maximum atomic E-state index is 5.91. The van der Waals surface area contributed by atoms with Crippen LogP contribution in [-0.4, -0.2) is 37.0 Å². The third kappa shape index (κ3) is 4.97. The maximum absolute atomic E-state index is 5.91. The number of benzene rings is 1. The molecule has 1 aliphatic rings. The van der Waals surface area contributed by atoms with Gasteiger partial charge in [0.05, 0.1) is 11.1 Å². The van der Waals surface area contributed by atoms with Gasteiger partial charge in [-0.25, -0.2) is 0 Å². The molecule has 0 amide bonds. The summed E-state index contributed by atoms with van der Waals surface area (Å²) in [6.07, 6.45) is 3.55. The molecular weight excluding hydrogens is 326 g/mol. The number of likely N-dealkylation sites (tertiary alicyclic amines) is 1. The number of hydrogen-bond donors (Lipinski definition) is 0. The van der Waals surface area contributed by atoms with Crippen LogP contribution in [0, 0.1) is 5.92 Å². The molecule has 1 heterocycles. The Morgan fingerprint density at radius 1 is 1.26 bits per heavy atom. The lowest BCUT2D eigenvalue weighted by atomic mass is 9.98. The molecule has 1 aromatic rings. The summed E-state index contributed by atoms with van der Waals surface area (Å²) in [6.45, 7) is 4.33. The van der Waals surface area contributed by atoms with Crippen LogP contribution in [0.25, 0.3) is 0 Å². The summed E-state index contributed by atoms with van der Waals surface area (Å²) in [5.41, 5.74) is 0. The first-order valence-electron chi connectivity index (χ1n) is 6.95. The number of piperidine rings is 1.